The molecule has 0 N–H and O–H groups in total. The molecule has 0 atom stereocenters. The van der Waals surface area contributed by atoms with Crippen LogP contribution in [0.3, 0.4) is 0 Å². The van der Waals surface area contributed by atoms with Crippen molar-refractivity contribution < 1.29 is 9.53 Å². The van der Waals surface area contributed by atoms with E-state index in [9.17, 15) is 4.79 Å². The lowest BCUT2D eigenvalue weighted by molar-refractivity contribution is 0.112. The van der Waals surface area contributed by atoms with E-state index in [0.717, 1.165) is 18.6 Å². The number of aryl methyl sites for hydroxylation is 2. The van der Waals surface area contributed by atoms with Crippen molar-refractivity contribution in [1.82, 2.24) is 9.97 Å². The lowest BCUT2D eigenvalue weighted by Crippen LogP contribution is -2.02. The Balaban J connectivity index is 1.80. The van der Waals surface area contributed by atoms with Crippen molar-refractivity contribution in [1.29, 1.82) is 0 Å². The zero-order valence-electron chi connectivity index (χ0n) is 10.5. The van der Waals surface area contributed by atoms with E-state index in [1.54, 1.807) is 0 Å². The monoisotopic (exact) mass is 254 g/mol. The summed E-state index contributed by atoms with van der Waals surface area (Å²) in [6.45, 7) is 0. The Hall–Kier alpha value is -2.23. The first kappa shape index (κ1) is 11.8. The van der Waals surface area contributed by atoms with Crippen LogP contribution >= 0.6 is 0 Å². The molecule has 0 unspecified atom stereocenters. The molecule has 96 valence electrons. The number of ether oxygens (including phenoxy) is 1. The molecule has 0 radical (unpaired) electrons. The summed E-state index contributed by atoms with van der Waals surface area (Å²) in [4.78, 5) is 18.5. The van der Waals surface area contributed by atoms with Gasteiger partial charge in [0.05, 0.1) is 5.56 Å². The predicted molar refractivity (Wildman–Crippen MR) is 70.6 cm³/mol. The molecule has 0 bridgehead atoms. The van der Waals surface area contributed by atoms with Gasteiger partial charge < -0.3 is 4.74 Å². The first-order chi connectivity index (χ1) is 9.35. The average Bonchev–Trinajstić information content (AvgIpc) is 2.48. The normalized spacial score (nSPS) is 13.7. The van der Waals surface area contributed by atoms with Crippen LogP contribution in [-0.2, 0) is 12.8 Å². The molecule has 19 heavy (non-hydrogen) atoms. The van der Waals surface area contributed by atoms with E-state index in [0.29, 0.717) is 11.8 Å². The quantitative estimate of drug-likeness (QED) is 0.790. The topological polar surface area (TPSA) is 52.1 Å². The standard InChI is InChI=1S/C15H14N2O2/c18-10-11-8-16-15(17-9-11)19-14-6-5-12-3-1-2-4-13(12)7-14/h5-10H,1-4H2. The molecule has 4 heteroatoms. The second-order valence-electron chi connectivity index (χ2n) is 4.66. The van der Waals surface area contributed by atoms with Crippen molar-refractivity contribution in [3.63, 3.8) is 0 Å². The van der Waals surface area contributed by atoms with Crippen LogP contribution in [0.4, 0.5) is 0 Å². The Morgan fingerprint density at radius 1 is 1.05 bits per heavy atom. The van der Waals surface area contributed by atoms with Gasteiger partial charge >= 0.3 is 6.01 Å². The van der Waals surface area contributed by atoms with Crippen molar-refractivity contribution in [2.24, 2.45) is 0 Å². The third-order valence-electron chi connectivity index (χ3n) is 3.31. The molecular formula is C15H14N2O2. The van der Waals surface area contributed by atoms with Crippen molar-refractivity contribution in [2.45, 2.75) is 25.7 Å². The number of carbonyl (C=O) groups excluding carboxylic acids is 1. The van der Waals surface area contributed by atoms with Gasteiger partial charge in [-0.05, 0) is 48.9 Å². The highest BCUT2D eigenvalue weighted by Crippen LogP contribution is 2.27. The molecule has 1 heterocycles. The van der Waals surface area contributed by atoms with Crippen molar-refractivity contribution in [3.8, 4) is 11.8 Å². The molecule has 4 nitrogen and oxygen atoms in total. The van der Waals surface area contributed by atoms with Gasteiger partial charge in [0.25, 0.3) is 0 Å². The molecule has 1 aliphatic carbocycles. The fourth-order valence-corrected chi connectivity index (χ4v) is 2.32. The van der Waals surface area contributed by atoms with E-state index in [2.05, 4.69) is 22.1 Å². The smallest absolute Gasteiger partial charge is 0.321 e. The molecule has 0 amide bonds. The number of aromatic nitrogens is 2. The van der Waals surface area contributed by atoms with Crippen LogP contribution in [0.25, 0.3) is 0 Å². The van der Waals surface area contributed by atoms with Gasteiger partial charge in [0.1, 0.15) is 5.75 Å². The molecule has 1 aromatic heterocycles. The summed E-state index contributed by atoms with van der Waals surface area (Å²) in [7, 11) is 0. The number of carbonyl (C=O) groups is 1. The summed E-state index contributed by atoms with van der Waals surface area (Å²) in [5.74, 6) is 0.750. The second kappa shape index (κ2) is 5.18. The molecule has 1 aliphatic rings. The summed E-state index contributed by atoms with van der Waals surface area (Å²) in [5, 5.41) is 0. The highest BCUT2D eigenvalue weighted by molar-refractivity contribution is 5.73. The second-order valence-corrected chi connectivity index (χ2v) is 4.66. The SMILES string of the molecule is O=Cc1cnc(Oc2ccc3c(c2)CCCC3)nc1. The Morgan fingerprint density at radius 2 is 1.79 bits per heavy atom. The zero-order valence-corrected chi connectivity index (χ0v) is 10.5. The van der Waals surface area contributed by atoms with Crippen molar-refractivity contribution in [2.75, 3.05) is 0 Å². The lowest BCUT2D eigenvalue weighted by atomic mass is 9.92. The zero-order chi connectivity index (χ0) is 13.1. The van der Waals surface area contributed by atoms with Crippen LogP contribution in [-0.4, -0.2) is 16.3 Å². The highest BCUT2D eigenvalue weighted by atomic mass is 16.5. The van der Waals surface area contributed by atoms with Crippen LogP contribution in [0.5, 0.6) is 11.8 Å². The summed E-state index contributed by atoms with van der Waals surface area (Å²) in [6.07, 6.45) is 8.38. The predicted octanol–water partition coefficient (Wildman–Crippen LogP) is 2.96. The van der Waals surface area contributed by atoms with Gasteiger partial charge in [-0.25, -0.2) is 9.97 Å². The number of aldehydes is 1. The fraction of sp³-hybridized carbons (Fsp3) is 0.267. The minimum absolute atomic E-state index is 0.265. The Morgan fingerprint density at radius 3 is 2.53 bits per heavy atom. The maximum absolute atomic E-state index is 10.5. The van der Waals surface area contributed by atoms with Crippen molar-refractivity contribution in [3.05, 3.63) is 47.3 Å². The van der Waals surface area contributed by atoms with Gasteiger partial charge in [0, 0.05) is 12.4 Å². The summed E-state index contributed by atoms with van der Waals surface area (Å²) >= 11 is 0. The average molecular weight is 254 g/mol. The van der Waals surface area contributed by atoms with Gasteiger partial charge in [-0.15, -0.1) is 0 Å². The highest BCUT2D eigenvalue weighted by Gasteiger charge is 2.10. The molecule has 0 spiro atoms. The summed E-state index contributed by atoms with van der Waals surface area (Å²) < 4.78 is 5.61. The molecule has 0 saturated carbocycles. The first-order valence-electron chi connectivity index (χ1n) is 6.42. The maximum Gasteiger partial charge on any atom is 0.321 e. The molecule has 0 saturated heterocycles. The van der Waals surface area contributed by atoms with Gasteiger partial charge in [-0.1, -0.05) is 6.07 Å². The van der Waals surface area contributed by atoms with Gasteiger partial charge in [0.2, 0.25) is 0 Å². The lowest BCUT2D eigenvalue weighted by Gasteiger charge is -2.16. The van der Waals surface area contributed by atoms with Crippen LogP contribution in [0.15, 0.2) is 30.6 Å². The van der Waals surface area contributed by atoms with E-state index in [4.69, 9.17) is 4.74 Å². The van der Waals surface area contributed by atoms with E-state index in [-0.39, 0.29) is 6.01 Å². The largest absolute Gasteiger partial charge is 0.424 e. The van der Waals surface area contributed by atoms with Crippen LogP contribution in [0.2, 0.25) is 0 Å². The summed E-state index contributed by atoms with van der Waals surface area (Å²) in [6, 6.07) is 6.39. The van der Waals surface area contributed by atoms with Crippen LogP contribution < -0.4 is 4.74 Å². The first-order valence-corrected chi connectivity index (χ1v) is 6.42. The van der Waals surface area contributed by atoms with Gasteiger partial charge in [-0.2, -0.15) is 0 Å². The van der Waals surface area contributed by atoms with E-state index in [1.807, 2.05) is 6.07 Å². The minimum Gasteiger partial charge on any atom is -0.424 e. The third-order valence-corrected chi connectivity index (χ3v) is 3.31. The van der Waals surface area contributed by atoms with Gasteiger partial charge in [-0.3, -0.25) is 4.79 Å². The molecule has 2 aromatic rings. The molecule has 0 fully saturated rings. The number of nitrogens with zero attached hydrogens (tertiary/aromatic N) is 2. The number of hydrogen-bond acceptors (Lipinski definition) is 4. The number of fused-ring (bicyclic) bond motifs is 1. The van der Waals surface area contributed by atoms with Gasteiger partial charge in [0.15, 0.2) is 6.29 Å². The Labute approximate surface area is 111 Å². The third kappa shape index (κ3) is 2.62. The molecule has 1 aromatic carbocycles. The fourth-order valence-electron chi connectivity index (χ4n) is 2.32. The number of rotatable bonds is 3. The maximum atomic E-state index is 10.5. The Bertz CT molecular complexity index is 594. The Kier molecular flexibility index (Phi) is 3.23. The van der Waals surface area contributed by atoms with E-state index >= 15 is 0 Å². The van der Waals surface area contributed by atoms with E-state index < -0.39 is 0 Å². The molecular weight excluding hydrogens is 240 g/mol. The van der Waals surface area contributed by atoms with Crippen LogP contribution in [0.1, 0.15) is 34.3 Å². The number of hydrogen-bond donors (Lipinski definition) is 0. The van der Waals surface area contributed by atoms with E-state index in [1.165, 1.54) is 36.4 Å². The number of benzene rings is 1. The molecule has 3 rings (SSSR count). The van der Waals surface area contributed by atoms with Crippen LogP contribution in [0, 0.1) is 0 Å². The van der Waals surface area contributed by atoms with Crippen molar-refractivity contribution >= 4 is 6.29 Å². The minimum atomic E-state index is 0.265. The molecule has 0 aliphatic heterocycles. The summed E-state index contributed by atoms with van der Waals surface area (Å²) in [5.41, 5.74) is 3.21.